The van der Waals surface area contributed by atoms with E-state index in [2.05, 4.69) is 51.9 Å². The fraction of sp³-hybridized carbons (Fsp3) is 0.344. The van der Waals surface area contributed by atoms with Crippen LogP contribution in [0.2, 0.25) is 0 Å². The molecule has 0 bridgehead atoms. The molecule has 0 spiro atoms. The number of carbonyl (C=O) groups is 1. The minimum absolute atomic E-state index is 0.0489. The molecule has 0 aliphatic rings. The van der Waals surface area contributed by atoms with E-state index in [4.69, 9.17) is 4.98 Å². The number of aromatic nitrogens is 2. The number of hydrogen-bond donors (Lipinski definition) is 4. The highest BCUT2D eigenvalue weighted by atomic mass is 16.2. The van der Waals surface area contributed by atoms with Gasteiger partial charge in [0.1, 0.15) is 5.82 Å². The molecule has 0 unspecified atom stereocenters. The van der Waals surface area contributed by atoms with Crippen LogP contribution in [-0.2, 0) is 11.3 Å². The second kappa shape index (κ2) is 13.7. The summed E-state index contributed by atoms with van der Waals surface area (Å²) < 4.78 is 0. The number of carbonyl (C=O) groups excluding carboxylic acids is 1. The Bertz CT molecular complexity index is 1310. The van der Waals surface area contributed by atoms with Crippen LogP contribution >= 0.6 is 0 Å². The van der Waals surface area contributed by atoms with Crippen LogP contribution in [0, 0.1) is 12.3 Å². The number of anilines is 3. The van der Waals surface area contributed by atoms with Gasteiger partial charge >= 0.3 is 0 Å². The van der Waals surface area contributed by atoms with E-state index in [1.807, 2.05) is 83.4 Å². The van der Waals surface area contributed by atoms with E-state index in [0.717, 1.165) is 58.9 Å². The summed E-state index contributed by atoms with van der Waals surface area (Å²) in [4.78, 5) is 22.3. The Morgan fingerprint density at radius 3 is 2.49 bits per heavy atom. The summed E-state index contributed by atoms with van der Waals surface area (Å²) in [6.07, 6.45) is 4.78. The lowest BCUT2D eigenvalue weighted by Gasteiger charge is -2.25. The Balaban J connectivity index is 1.75. The average Bonchev–Trinajstić information content (AvgIpc) is 2.90. The van der Waals surface area contributed by atoms with Gasteiger partial charge in [-0.05, 0) is 89.0 Å². The second-order valence-corrected chi connectivity index (χ2v) is 10.6. The summed E-state index contributed by atoms with van der Waals surface area (Å²) in [5.41, 5.74) is 6.28. The zero-order chi connectivity index (χ0) is 28.4. The van der Waals surface area contributed by atoms with Gasteiger partial charge in [0, 0.05) is 30.5 Å². The molecule has 0 saturated heterocycles. The van der Waals surface area contributed by atoms with Crippen molar-refractivity contribution in [2.75, 3.05) is 30.8 Å². The number of aryl methyl sites for hydroxylation is 1. The van der Waals surface area contributed by atoms with Gasteiger partial charge in [-0.1, -0.05) is 54.6 Å². The molecule has 0 aliphatic heterocycles. The predicted molar refractivity (Wildman–Crippen MR) is 163 cm³/mol. The van der Waals surface area contributed by atoms with Crippen molar-refractivity contribution in [2.24, 2.45) is 5.41 Å². The molecule has 206 valence electrons. The molecule has 1 aromatic heterocycles. The number of rotatable bonds is 13. The van der Waals surface area contributed by atoms with Crippen molar-refractivity contribution in [3.8, 4) is 11.1 Å². The molecule has 7 nitrogen and oxygen atoms in total. The molecule has 0 aliphatic carbocycles. The normalized spacial score (nSPS) is 11.0. The van der Waals surface area contributed by atoms with E-state index in [9.17, 15) is 4.79 Å². The van der Waals surface area contributed by atoms with Gasteiger partial charge in [-0.3, -0.25) is 4.79 Å². The minimum atomic E-state index is -0.684. The van der Waals surface area contributed by atoms with Crippen molar-refractivity contribution >= 4 is 23.4 Å². The van der Waals surface area contributed by atoms with E-state index in [1.165, 1.54) is 5.56 Å². The van der Waals surface area contributed by atoms with Gasteiger partial charge in [0.15, 0.2) is 0 Å². The molecule has 0 fully saturated rings. The van der Waals surface area contributed by atoms with Gasteiger partial charge < -0.3 is 21.3 Å². The summed E-state index contributed by atoms with van der Waals surface area (Å²) in [5, 5.41) is 13.0. The largest absolute Gasteiger partial charge is 0.369 e. The molecule has 0 radical (unpaired) electrons. The van der Waals surface area contributed by atoms with E-state index in [0.29, 0.717) is 12.5 Å². The highest BCUT2D eigenvalue weighted by Gasteiger charge is 2.29. The summed E-state index contributed by atoms with van der Waals surface area (Å²) in [6.45, 7) is 16.1. The molecule has 2 aromatic carbocycles. The van der Waals surface area contributed by atoms with Crippen molar-refractivity contribution < 1.29 is 4.79 Å². The van der Waals surface area contributed by atoms with Crippen LogP contribution in [0.3, 0.4) is 0 Å². The van der Waals surface area contributed by atoms with E-state index in [-0.39, 0.29) is 5.91 Å². The summed E-state index contributed by atoms with van der Waals surface area (Å²) in [6, 6.07) is 16.3. The average molecular weight is 527 g/mol. The maximum atomic E-state index is 12.9. The van der Waals surface area contributed by atoms with Crippen LogP contribution in [0.4, 0.5) is 17.5 Å². The molecular weight excluding hydrogens is 484 g/mol. The molecular formula is C32H42N6O. The monoisotopic (exact) mass is 526 g/mol. The van der Waals surface area contributed by atoms with Crippen LogP contribution < -0.4 is 21.3 Å². The summed E-state index contributed by atoms with van der Waals surface area (Å²) >= 11 is 0. The lowest BCUT2D eigenvalue weighted by Crippen LogP contribution is -2.37. The minimum Gasteiger partial charge on any atom is -0.369 e. The first-order chi connectivity index (χ1) is 18.6. The molecule has 4 N–H and O–H groups in total. The Hall–Kier alpha value is -3.97. The van der Waals surface area contributed by atoms with Crippen molar-refractivity contribution in [1.29, 1.82) is 0 Å². The molecule has 0 saturated carbocycles. The van der Waals surface area contributed by atoms with Crippen molar-refractivity contribution in [3.05, 3.63) is 89.7 Å². The number of benzene rings is 2. The maximum Gasteiger partial charge on any atom is 0.230 e. The maximum absolute atomic E-state index is 12.9. The van der Waals surface area contributed by atoms with Crippen molar-refractivity contribution in [2.45, 2.75) is 47.6 Å². The quantitative estimate of drug-likeness (QED) is 0.153. The summed E-state index contributed by atoms with van der Waals surface area (Å²) in [5.74, 6) is 1.26. The first kappa shape index (κ1) is 29.6. The van der Waals surface area contributed by atoms with Crippen molar-refractivity contribution in [1.82, 2.24) is 20.6 Å². The number of amides is 1. The van der Waals surface area contributed by atoms with E-state index < -0.39 is 5.41 Å². The highest BCUT2D eigenvalue weighted by molar-refractivity contribution is 5.85. The lowest BCUT2D eigenvalue weighted by atomic mass is 9.83. The number of hydrogen-bond acceptors (Lipinski definition) is 6. The van der Waals surface area contributed by atoms with Crippen LogP contribution in [-0.4, -0.2) is 36.0 Å². The first-order valence-electron chi connectivity index (χ1n) is 13.4. The lowest BCUT2D eigenvalue weighted by molar-refractivity contribution is -0.127. The molecule has 3 aromatic rings. The van der Waals surface area contributed by atoms with Crippen LogP contribution in [0.5, 0.6) is 0 Å². The molecule has 1 heterocycles. The Kier molecular flexibility index (Phi) is 10.4. The van der Waals surface area contributed by atoms with Gasteiger partial charge in [-0.15, -0.1) is 0 Å². The van der Waals surface area contributed by atoms with E-state index >= 15 is 0 Å². The van der Waals surface area contributed by atoms with Crippen LogP contribution in [0.1, 0.15) is 45.2 Å². The second-order valence-electron chi connectivity index (χ2n) is 10.6. The Morgan fingerprint density at radius 1 is 1.08 bits per heavy atom. The predicted octanol–water partition coefficient (Wildman–Crippen LogP) is 6.38. The molecule has 7 heteroatoms. The zero-order valence-corrected chi connectivity index (χ0v) is 24.1. The van der Waals surface area contributed by atoms with Crippen molar-refractivity contribution in [3.63, 3.8) is 0 Å². The van der Waals surface area contributed by atoms with Gasteiger partial charge in [0.2, 0.25) is 11.9 Å². The Morgan fingerprint density at radius 2 is 1.82 bits per heavy atom. The zero-order valence-electron chi connectivity index (χ0n) is 24.1. The van der Waals surface area contributed by atoms with E-state index in [1.54, 1.807) is 0 Å². The van der Waals surface area contributed by atoms with Crippen LogP contribution in [0.15, 0.2) is 78.5 Å². The first-order valence-corrected chi connectivity index (χ1v) is 13.4. The number of nitrogens with one attached hydrogen (secondary N) is 4. The third kappa shape index (κ3) is 8.52. The number of allylic oxidation sites excluding steroid dienone is 2. The standard InChI is InChI=1S/C32H42N6O/c1-22(2)18-24(4)32(5,6)30(39)35-20-25-12-14-26(15-13-25)28-21-36-31(37-27-11-8-10-23(3)19-27)38-29(28)34-17-9-16-33-7/h8,10-15,18-19,21,33H,4,9,16-17,20H2,1-3,5-7H3,(H,35,39)(H2,34,36,37,38). The number of nitrogens with zero attached hydrogens (tertiary/aromatic N) is 2. The third-order valence-corrected chi connectivity index (χ3v) is 6.51. The smallest absolute Gasteiger partial charge is 0.230 e. The molecule has 39 heavy (non-hydrogen) atoms. The fourth-order valence-corrected chi connectivity index (χ4v) is 3.99. The highest BCUT2D eigenvalue weighted by Crippen LogP contribution is 2.29. The fourth-order valence-electron chi connectivity index (χ4n) is 3.99. The molecule has 0 atom stereocenters. The third-order valence-electron chi connectivity index (χ3n) is 6.51. The topological polar surface area (TPSA) is 91.0 Å². The van der Waals surface area contributed by atoms with Gasteiger partial charge in [0.25, 0.3) is 0 Å². The van der Waals surface area contributed by atoms with Gasteiger partial charge in [0.05, 0.1) is 5.41 Å². The molecule has 1 amide bonds. The Labute approximate surface area is 233 Å². The molecule has 3 rings (SSSR count). The summed E-state index contributed by atoms with van der Waals surface area (Å²) in [7, 11) is 1.95. The van der Waals surface area contributed by atoms with Gasteiger partial charge in [-0.25, -0.2) is 4.98 Å². The van der Waals surface area contributed by atoms with Crippen LogP contribution in [0.25, 0.3) is 11.1 Å². The van der Waals surface area contributed by atoms with Gasteiger partial charge in [-0.2, -0.15) is 4.98 Å². The SMILES string of the molecule is C=C(C=C(C)C)C(C)(C)C(=O)NCc1ccc(-c2cnc(Nc3cccc(C)c3)nc2NCCCNC)cc1.